The normalized spacial score (nSPS) is 11.6. The molecule has 26 heavy (non-hydrogen) atoms. The van der Waals surface area contributed by atoms with Gasteiger partial charge in [0.2, 0.25) is 0 Å². The number of benzene rings is 2. The van der Waals surface area contributed by atoms with E-state index in [2.05, 4.69) is 24.0 Å². The highest BCUT2D eigenvalue weighted by molar-refractivity contribution is 7.15. The Labute approximate surface area is 153 Å². The fourth-order valence-corrected chi connectivity index (χ4v) is 4.19. The van der Waals surface area contributed by atoms with Gasteiger partial charge in [-0.15, -0.1) is 11.3 Å². The highest BCUT2D eigenvalue weighted by Crippen LogP contribution is 2.27. The van der Waals surface area contributed by atoms with E-state index in [-0.39, 0.29) is 5.56 Å². The van der Waals surface area contributed by atoms with Crippen LogP contribution >= 0.6 is 11.3 Å². The van der Waals surface area contributed by atoms with Crippen molar-refractivity contribution in [2.45, 2.75) is 13.8 Å². The first kappa shape index (κ1) is 15.2. The Balaban J connectivity index is 1.90. The topological polar surface area (TPSA) is 47.3 Å². The number of thiazole rings is 1. The smallest absolute Gasteiger partial charge is 0.268 e. The van der Waals surface area contributed by atoms with Crippen LogP contribution in [0.5, 0.6) is 0 Å². The molecule has 0 spiro atoms. The zero-order valence-electron chi connectivity index (χ0n) is 14.4. The molecule has 0 saturated heterocycles. The summed E-state index contributed by atoms with van der Waals surface area (Å²) in [5.41, 5.74) is 5.70. The monoisotopic (exact) mass is 357 g/mol. The summed E-state index contributed by atoms with van der Waals surface area (Å²) in [6.07, 6.45) is 1.64. The lowest BCUT2D eigenvalue weighted by atomic mass is 10.1. The Morgan fingerprint density at radius 1 is 0.962 bits per heavy atom. The fraction of sp³-hybridized carbons (Fsp3) is 0.0952. The van der Waals surface area contributed by atoms with Crippen LogP contribution in [0.15, 0.2) is 58.8 Å². The minimum atomic E-state index is -0.0715. The maximum Gasteiger partial charge on any atom is 0.268 e. The van der Waals surface area contributed by atoms with Gasteiger partial charge in [-0.2, -0.15) is 0 Å². The molecule has 5 heteroatoms. The Kier molecular flexibility index (Phi) is 3.21. The zero-order valence-corrected chi connectivity index (χ0v) is 15.2. The third-order valence-corrected chi connectivity index (χ3v) is 5.52. The highest BCUT2D eigenvalue weighted by Gasteiger charge is 2.14. The van der Waals surface area contributed by atoms with Crippen molar-refractivity contribution in [2.75, 3.05) is 0 Å². The van der Waals surface area contributed by atoms with Gasteiger partial charge in [-0.3, -0.25) is 14.2 Å². The number of rotatable bonds is 1. The van der Waals surface area contributed by atoms with Crippen molar-refractivity contribution in [3.05, 3.63) is 75.5 Å². The summed E-state index contributed by atoms with van der Waals surface area (Å²) >= 11 is 1.49. The summed E-state index contributed by atoms with van der Waals surface area (Å²) in [5, 5.41) is 3.47. The molecule has 5 rings (SSSR count). The second kappa shape index (κ2) is 5.47. The second-order valence-corrected chi connectivity index (χ2v) is 7.40. The lowest BCUT2D eigenvalue weighted by Gasteiger charge is -2.06. The van der Waals surface area contributed by atoms with E-state index in [9.17, 15) is 4.79 Å². The largest absolute Gasteiger partial charge is 0.268 e. The van der Waals surface area contributed by atoms with Gasteiger partial charge in [0.05, 0.1) is 22.1 Å². The van der Waals surface area contributed by atoms with Crippen molar-refractivity contribution < 1.29 is 0 Å². The quantitative estimate of drug-likeness (QED) is 0.407. The van der Waals surface area contributed by atoms with Gasteiger partial charge in [0.25, 0.3) is 5.56 Å². The van der Waals surface area contributed by atoms with Crippen molar-refractivity contribution >= 4 is 38.1 Å². The molecule has 0 saturated carbocycles. The van der Waals surface area contributed by atoms with Crippen LogP contribution in [-0.4, -0.2) is 14.4 Å². The fourth-order valence-electron chi connectivity index (χ4n) is 3.30. The molecule has 4 nitrogen and oxygen atoms in total. The third kappa shape index (κ3) is 2.17. The number of aromatic nitrogens is 3. The molecule has 5 aromatic rings. The molecule has 3 aromatic heterocycles. The average Bonchev–Trinajstić information content (AvgIpc) is 3.07. The molecule has 0 bridgehead atoms. The number of hydrogen-bond acceptors (Lipinski definition) is 4. The Bertz CT molecular complexity index is 1360. The Hall–Kier alpha value is -3.05. The van der Waals surface area contributed by atoms with E-state index in [0.717, 1.165) is 33.2 Å². The van der Waals surface area contributed by atoms with Gasteiger partial charge >= 0.3 is 0 Å². The van der Waals surface area contributed by atoms with E-state index in [4.69, 9.17) is 4.98 Å². The standard InChI is InChI=1S/C21H15N3OS/c1-12-3-6-14(7-4-12)18-11-26-21-23-19-15-9-13(2)5-8-17(15)22-10-16(19)20(25)24(18)21/h3-11H,1-2H3. The van der Waals surface area contributed by atoms with Crippen LogP contribution in [0.25, 0.3) is 38.0 Å². The van der Waals surface area contributed by atoms with E-state index in [0.29, 0.717) is 10.3 Å². The van der Waals surface area contributed by atoms with Gasteiger partial charge in [-0.1, -0.05) is 41.5 Å². The van der Waals surface area contributed by atoms with Gasteiger partial charge in [0.15, 0.2) is 4.96 Å². The number of hydrogen-bond donors (Lipinski definition) is 0. The molecule has 2 aromatic carbocycles. The summed E-state index contributed by atoms with van der Waals surface area (Å²) in [5.74, 6) is 0. The zero-order chi connectivity index (χ0) is 17.8. The summed E-state index contributed by atoms with van der Waals surface area (Å²) in [7, 11) is 0. The first-order valence-electron chi connectivity index (χ1n) is 8.38. The van der Waals surface area contributed by atoms with Crippen LogP contribution in [-0.2, 0) is 0 Å². The van der Waals surface area contributed by atoms with Gasteiger partial charge in [-0.05, 0) is 31.5 Å². The molecule has 0 radical (unpaired) electrons. The van der Waals surface area contributed by atoms with Crippen molar-refractivity contribution in [3.63, 3.8) is 0 Å². The molecular weight excluding hydrogens is 342 g/mol. The number of aryl methyl sites for hydroxylation is 2. The van der Waals surface area contributed by atoms with Crippen LogP contribution in [0.4, 0.5) is 0 Å². The van der Waals surface area contributed by atoms with Crippen LogP contribution in [0.1, 0.15) is 11.1 Å². The molecule has 0 amide bonds. The predicted molar refractivity (Wildman–Crippen MR) is 107 cm³/mol. The van der Waals surface area contributed by atoms with Crippen LogP contribution in [0, 0.1) is 13.8 Å². The first-order chi connectivity index (χ1) is 12.6. The molecular formula is C21H15N3OS. The summed E-state index contributed by atoms with van der Waals surface area (Å²) in [6, 6.07) is 14.2. The van der Waals surface area contributed by atoms with Crippen molar-refractivity contribution in [3.8, 4) is 11.3 Å². The van der Waals surface area contributed by atoms with Gasteiger partial charge in [0.1, 0.15) is 0 Å². The predicted octanol–water partition coefficient (Wildman–Crippen LogP) is 4.74. The SMILES string of the molecule is Cc1ccc(-c2csc3nc4c(cnc5ccc(C)cc54)c(=O)n23)cc1. The van der Waals surface area contributed by atoms with Gasteiger partial charge in [0, 0.05) is 17.0 Å². The van der Waals surface area contributed by atoms with Crippen LogP contribution < -0.4 is 5.56 Å². The van der Waals surface area contributed by atoms with Crippen LogP contribution in [0.3, 0.4) is 0 Å². The van der Waals surface area contributed by atoms with E-state index >= 15 is 0 Å². The minimum Gasteiger partial charge on any atom is -0.268 e. The lowest BCUT2D eigenvalue weighted by Crippen LogP contribution is -2.15. The van der Waals surface area contributed by atoms with E-state index in [1.165, 1.54) is 16.9 Å². The molecule has 0 aliphatic carbocycles. The molecule has 126 valence electrons. The molecule has 0 aliphatic heterocycles. The molecule has 0 unspecified atom stereocenters. The molecule has 3 heterocycles. The number of pyridine rings is 1. The number of fused-ring (bicyclic) bond motifs is 4. The summed E-state index contributed by atoms with van der Waals surface area (Å²) in [4.78, 5) is 23.2. The van der Waals surface area contributed by atoms with E-state index in [1.807, 2.05) is 42.6 Å². The number of nitrogens with zero attached hydrogens (tertiary/aromatic N) is 3. The minimum absolute atomic E-state index is 0.0715. The molecule has 0 aliphatic rings. The molecule has 0 N–H and O–H groups in total. The average molecular weight is 357 g/mol. The Morgan fingerprint density at radius 2 is 1.73 bits per heavy atom. The highest BCUT2D eigenvalue weighted by atomic mass is 32.1. The van der Waals surface area contributed by atoms with Crippen LogP contribution in [0.2, 0.25) is 0 Å². The van der Waals surface area contributed by atoms with Gasteiger partial charge < -0.3 is 0 Å². The first-order valence-corrected chi connectivity index (χ1v) is 9.26. The van der Waals surface area contributed by atoms with Crippen molar-refractivity contribution in [2.24, 2.45) is 0 Å². The Morgan fingerprint density at radius 3 is 2.54 bits per heavy atom. The maximum atomic E-state index is 13.2. The lowest BCUT2D eigenvalue weighted by molar-refractivity contribution is 1.12. The van der Waals surface area contributed by atoms with E-state index < -0.39 is 0 Å². The maximum absolute atomic E-state index is 13.2. The molecule has 0 atom stereocenters. The van der Waals surface area contributed by atoms with Crippen molar-refractivity contribution in [1.82, 2.24) is 14.4 Å². The molecule has 0 fully saturated rings. The second-order valence-electron chi connectivity index (χ2n) is 6.56. The summed E-state index contributed by atoms with van der Waals surface area (Å²) < 4.78 is 1.70. The van der Waals surface area contributed by atoms with Gasteiger partial charge in [-0.25, -0.2) is 4.98 Å². The summed E-state index contributed by atoms with van der Waals surface area (Å²) in [6.45, 7) is 4.08. The van der Waals surface area contributed by atoms with Crippen molar-refractivity contribution in [1.29, 1.82) is 0 Å². The third-order valence-electron chi connectivity index (χ3n) is 4.69. The van der Waals surface area contributed by atoms with E-state index in [1.54, 1.807) is 10.6 Å².